The summed E-state index contributed by atoms with van der Waals surface area (Å²) in [5, 5.41) is 10.9. The number of ether oxygens (including phenoxy) is 1. The van der Waals surface area contributed by atoms with Crippen LogP contribution in [-0.2, 0) is 30.7 Å². The summed E-state index contributed by atoms with van der Waals surface area (Å²) in [7, 11) is -4.39. The van der Waals surface area contributed by atoms with Gasteiger partial charge in [0, 0.05) is 23.8 Å². The van der Waals surface area contributed by atoms with Gasteiger partial charge in [-0.05, 0) is 79.3 Å². The van der Waals surface area contributed by atoms with Gasteiger partial charge in [-0.15, -0.1) is 0 Å². The highest BCUT2D eigenvalue weighted by Gasteiger charge is 2.47. The zero-order chi connectivity index (χ0) is 34.8. The van der Waals surface area contributed by atoms with Crippen molar-refractivity contribution in [1.82, 2.24) is 9.97 Å². The van der Waals surface area contributed by atoms with E-state index in [1.165, 1.54) is 42.7 Å². The van der Waals surface area contributed by atoms with Crippen LogP contribution in [0.4, 0.5) is 10.6 Å². The zero-order valence-electron chi connectivity index (χ0n) is 27.1. The fraction of sp³-hybridized carbons (Fsp3) is 0.314. The lowest BCUT2D eigenvalue weighted by molar-refractivity contribution is -0.141. The van der Waals surface area contributed by atoms with Crippen LogP contribution in [0.2, 0.25) is 5.02 Å². The summed E-state index contributed by atoms with van der Waals surface area (Å²) >= 11 is 6.04. The number of aliphatic carboxylic acids is 1. The molecule has 0 aliphatic carbocycles. The Bertz CT molecular complexity index is 1840. The smallest absolute Gasteiger partial charge is 0.416 e. The molecule has 2 heterocycles. The number of hydrogen-bond donors (Lipinski definition) is 2. The summed E-state index contributed by atoms with van der Waals surface area (Å²) in [6.07, 6.45) is 1.48. The van der Waals surface area contributed by atoms with Gasteiger partial charge in [0.05, 0.1) is 10.6 Å². The van der Waals surface area contributed by atoms with Crippen molar-refractivity contribution in [2.45, 2.75) is 69.4 Å². The van der Waals surface area contributed by atoms with E-state index >= 15 is 0 Å². The number of rotatable bonds is 9. The molecule has 0 spiro atoms. The molecule has 3 N–H and O–H groups in total. The van der Waals surface area contributed by atoms with Crippen LogP contribution in [0.1, 0.15) is 52.8 Å². The second-order valence-corrected chi connectivity index (χ2v) is 15.9. The molecule has 0 fully saturated rings. The van der Waals surface area contributed by atoms with E-state index in [1.807, 2.05) is 24.3 Å². The normalized spacial score (nSPS) is 14.1. The topological polar surface area (TPSA) is 153 Å². The fourth-order valence-corrected chi connectivity index (χ4v) is 6.85. The third-order valence-corrected chi connectivity index (χ3v) is 9.77. The number of pyridine rings is 2. The van der Waals surface area contributed by atoms with Crippen LogP contribution in [0.5, 0.6) is 0 Å². The third kappa shape index (κ3) is 7.98. The summed E-state index contributed by atoms with van der Waals surface area (Å²) < 4.78 is 34.3. The first-order valence-corrected chi connectivity index (χ1v) is 16.7. The first kappa shape index (κ1) is 35.5. The molecule has 2 atom stereocenters. The Balaban J connectivity index is 1.88. The van der Waals surface area contributed by atoms with Crippen LogP contribution >= 0.6 is 11.6 Å². The molecule has 2 unspecified atom stereocenters. The van der Waals surface area contributed by atoms with Crippen LogP contribution in [0.25, 0.3) is 11.1 Å². The number of amides is 1. The van der Waals surface area contributed by atoms with Crippen LogP contribution < -0.4 is 10.6 Å². The highest BCUT2D eigenvalue weighted by Crippen LogP contribution is 2.36. The Labute approximate surface area is 280 Å². The van der Waals surface area contributed by atoms with E-state index < -0.39 is 43.8 Å². The van der Waals surface area contributed by atoms with Crippen LogP contribution in [-0.4, -0.2) is 47.2 Å². The highest BCUT2D eigenvalue weighted by molar-refractivity contribution is 7.92. The van der Waals surface area contributed by atoms with Gasteiger partial charge in [-0.3, -0.25) is 4.98 Å². The van der Waals surface area contributed by atoms with Gasteiger partial charge in [-0.2, -0.15) is 0 Å². The van der Waals surface area contributed by atoms with Crippen molar-refractivity contribution in [2.24, 2.45) is 11.1 Å². The molecule has 47 heavy (non-hydrogen) atoms. The molecule has 2 aromatic carbocycles. The molecule has 4 rings (SSSR count). The molecular weight excluding hydrogens is 640 g/mol. The van der Waals surface area contributed by atoms with Crippen molar-refractivity contribution in [2.75, 3.05) is 4.90 Å². The Hall–Kier alpha value is -4.32. The van der Waals surface area contributed by atoms with Gasteiger partial charge in [0.1, 0.15) is 17.5 Å². The number of benzene rings is 2. The number of nitrogens with zero attached hydrogens (tertiary/aromatic N) is 3. The molecule has 2 aromatic heterocycles. The van der Waals surface area contributed by atoms with E-state index in [2.05, 4.69) is 9.97 Å². The molecule has 0 aliphatic rings. The van der Waals surface area contributed by atoms with E-state index in [0.717, 1.165) is 16.0 Å². The third-order valence-electron chi connectivity index (χ3n) is 7.34. The largest absolute Gasteiger partial charge is 0.480 e. The van der Waals surface area contributed by atoms with Crippen LogP contribution in [0, 0.1) is 5.41 Å². The lowest BCUT2D eigenvalue weighted by Crippen LogP contribution is -2.54. The Morgan fingerprint density at radius 3 is 2.02 bits per heavy atom. The predicted molar refractivity (Wildman–Crippen MR) is 182 cm³/mol. The van der Waals surface area contributed by atoms with Crippen molar-refractivity contribution < 1.29 is 27.9 Å². The maximum Gasteiger partial charge on any atom is 0.416 e. The van der Waals surface area contributed by atoms with Gasteiger partial charge >= 0.3 is 12.1 Å². The predicted octanol–water partition coefficient (Wildman–Crippen LogP) is 6.87. The van der Waals surface area contributed by atoms with Gasteiger partial charge in [-0.25, -0.2) is 27.9 Å². The molecule has 4 aromatic rings. The molecule has 0 saturated heterocycles. The van der Waals surface area contributed by atoms with Gasteiger partial charge in [-0.1, -0.05) is 74.8 Å². The van der Waals surface area contributed by atoms with Gasteiger partial charge < -0.3 is 15.6 Å². The van der Waals surface area contributed by atoms with Gasteiger partial charge in [0.2, 0.25) is 9.84 Å². The average molecular weight is 679 g/mol. The lowest BCUT2D eigenvalue weighted by Gasteiger charge is -2.37. The number of carbonyl (C=O) groups excluding carboxylic acids is 1. The molecular formula is C35H39ClN4O6S. The lowest BCUT2D eigenvalue weighted by atomic mass is 9.85. The maximum atomic E-state index is 14.4. The van der Waals surface area contributed by atoms with Crippen molar-refractivity contribution in [1.29, 1.82) is 0 Å². The standard InChI is InChI=1S/C35H39ClN4O6S/c1-33(2,3)30(31(41)42)40(32(43)46-34(4,5)6)29-11-7-10-28(39-29)35(37,47(44,45)27-9-8-20-38-22-27)21-23-12-14-24(15-13-23)25-16-18-26(36)19-17-25/h7-20,22,30H,21,37H2,1-6H3,(H,41,42). The van der Waals surface area contributed by atoms with E-state index in [-0.39, 0.29) is 22.8 Å². The second kappa shape index (κ2) is 13.4. The monoisotopic (exact) mass is 678 g/mol. The minimum absolute atomic E-state index is 0.104. The summed E-state index contributed by atoms with van der Waals surface area (Å²) in [5.74, 6) is -1.42. The molecule has 0 bridgehead atoms. The number of anilines is 1. The number of hydrogen-bond acceptors (Lipinski definition) is 8. The average Bonchev–Trinajstić information content (AvgIpc) is 2.99. The SMILES string of the molecule is CC(C)(C)OC(=O)N(c1cccc(C(N)(Cc2ccc(-c3ccc(Cl)cc3)cc2)S(=O)(=O)c2cccnc2)n1)C(C(=O)O)C(C)(C)C. The van der Waals surface area contributed by atoms with Crippen LogP contribution in [0.15, 0.2) is 96.2 Å². The summed E-state index contributed by atoms with van der Waals surface area (Å²) in [4.78, 5) is 33.5. The van der Waals surface area contributed by atoms with E-state index in [4.69, 9.17) is 22.1 Å². The molecule has 1 amide bonds. The fourth-order valence-electron chi connectivity index (χ4n) is 5.10. The van der Waals surface area contributed by atoms with Crippen molar-refractivity contribution in [3.05, 3.63) is 108 Å². The number of nitrogens with two attached hydrogens (primary N) is 1. The number of carboxylic acids is 1. The molecule has 248 valence electrons. The number of aromatic nitrogens is 2. The quantitative estimate of drug-likeness (QED) is 0.193. The molecule has 0 aliphatic heterocycles. The maximum absolute atomic E-state index is 14.4. The highest BCUT2D eigenvalue weighted by atomic mass is 35.5. The number of carboxylic acid groups (broad SMARTS) is 1. The molecule has 12 heteroatoms. The summed E-state index contributed by atoms with van der Waals surface area (Å²) in [6, 6.07) is 20.4. The minimum atomic E-state index is -4.39. The van der Waals surface area contributed by atoms with Crippen LogP contribution in [0.3, 0.4) is 0 Å². The summed E-state index contributed by atoms with van der Waals surface area (Å²) in [6.45, 7) is 9.97. The number of halogens is 1. The molecule has 10 nitrogen and oxygen atoms in total. The van der Waals surface area contributed by atoms with E-state index in [1.54, 1.807) is 65.8 Å². The van der Waals surface area contributed by atoms with Crippen molar-refractivity contribution in [3.8, 4) is 11.1 Å². The molecule has 0 saturated carbocycles. The Morgan fingerprint density at radius 2 is 1.51 bits per heavy atom. The number of carbonyl (C=O) groups is 2. The van der Waals surface area contributed by atoms with E-state index in [0.29, 0.717) is 10.6 Å². The van der Waals surface area contributed by atoms with E-state index in [9.17, 15) is 23.1 Å². The number of sulfone groups is 1. The first-order valence-electron chi connectivity index (χ1n) is 14.8. The molecule has 0 radical (unpaired) electrons. The van der Waals surface area contributed by atoms with Crippen molar-refractivity contribution in [3.63, 3.8) is 0 Å². The van der Waals surface area contributed by atoms with Gasteiger partial charge in [0.25, 0.3) is 0 Å². The Kier molecular flexibility index (Phi) is 10.1. The minimum Gasteiger partial charge on any atom is -0.480 e. The first-order chi connectivity index (χ1) is 21.8. The summed E-state index contributed by atoms with van der Waals surface area (Å²) in [5.41, 5.74) is 7.30. The second-order valence-electron chi connectivity index (χ2n) is 13.3. The Morgan fingerprint density at radius 1 is 0.915 bits per heavy atom. The van der Waals surface area contributed by atoms with Crippen molar-refractivity contribution >= 4 is 39.3 Å². The van der Waals surface area contributed by atoms with Gasteiger partial charge in [0.15, 0.2) is 4.87 Å². The zero-order valence-corrected chi connectivity index (χ0v) is 28.7.